The molecule has 2 rings (SSSR count). The fourth-order valence-electron chi connectivity index (χ4n) is 1.09. The molecule has 0 atom stereocenters. The Balaban J connectivity index is 2.80. The summed E-state index contributed by atoms with van der Waals surface area (Å²) < 4.78 is 30.9. The molecule has 0 spiro atoms. The van der Waals surface area contributed by atoms with E-state index in [2.05, 4.69) is 4.98 Å². The molecule has 0 aliphatic heterocycles. The Hall–Kier alpha value is -1.18. The van der Waals surface area contributed by atoms with Crippen LogP contribution in [0.15, 0.2) is 27.9 Å². The second-order valence-corrected chi connectivity index (χ2v) is 5.08. The molecule has 0 radical (unpaired) electrons. The van der Waals surface area contributed by atoms with E-state index in [1.165, 1.54) is 18.2 Å². The monoisotopic (exact) mass is 231 g/mol. The van der Waals surface area contributed by atoms with Crippen molar-refractivity contribution in [1.82, 2.24) is 4.98 Å². The molecule has 0 bridgehead atoms. The van der Waals surface area contributed by atoms with E-state index in [1.54, 1.807) is 0 Å². The van der Waals surface area contributed by atoms with Gasteiger partial charge in [0.1, 0.15) is 0 Å². The fourth-order valence-corrected chi connectivity index (χ4v) is 2.32. The average molecular weight is 231 g/mol. The third kappa shape index (κ3) is 1.57. The number of aromatic amines is 1. The molecule has 7 heteroatoms. The van der Waals surface area contributed by atoms with Crippen molar-refractivity contribution >= 4 is 31.7 Å². The molecule has 0 aliphatic rings. The smallest absolute Gasteiger partial charge is 0.305 e. The molecule has 1 aromatic carbocycles. The molecular weight excluding hydrogens is 226 g/mol. The second kappa shape index (κ2) is 2.91. The van der Waals surface area contributed by atoms with E-state index in [0.29, 0.717) is 10.2 Å². The molecule has 14 heavy (non-hydrogen) atoms. The Morgan fingerprint density at radius 3 is 2.71 bits per heavy atom. The van der Waals surface area contributed by atoms with Crippen LogP contribution in [0.4, 0.5) is 0 Å². The summed E-state index contributed by atoms with van der Waals surface area (Å²) in [5.74, 6) is 0. The minimum absolute atomic E-state index is 0.223. The maximum Gasteiger partial charge on any atom is 0.305 e. The number of hydrogen-bond acceptors (Lipinski definition) is 4. The molecule has 2 N–H and O–H groups in total. The topological polar surface area (TPSA) is 87.2 Å². The molecule has 0 unspecified atom stereocenters. The normalized spacial score (nSPS) is 12.1. The van der Waals surface area contributed by atoms with Gasteiger partial charge in [-0.2, -0.15) is 8.42 Å². The minimum atomic E-state index is -4.20. The maximum atomic E-state index is 10.9. The molecule has 0 amide bonds. The SMILES string of the molecule is O=c1[nH]c2cc(S(=O)(=O)O)ccc2s1. The van der Waals surface area contributed by atoms with Crippen LogP contribution in [0, 0.1) is 0 Å². The summed E-state index contributed by atoms with van der Waals surface area (Å²) in [6.07, 6.45) is 0. The molecule has 1 aromatic heterocycles. The van der Waals surface area contributed by atoms with Crippen LogP contribution in [0.2, 0.25) is 0 Å². The maximum absolute atomic E-state index is 10.9. The predicted octanol–water partition coefficient (Wildman–Crippen LogP) is 0.836. The van der Waals surface area contributed by atoms with E-state index >= 15 is 0 Å². The average Bonchev–Trinajstić information content (AvgIpc) is 2.41. The van der Waals surface area contributed by atoms with E-state index < -0.39 is 10.1 Å². The van der Waals surface area contributed by atoms with Crippen molar-refractivity contribution in [1.29, 1.82) is 0 Å². The number of benzene rings is 1. The lowest BCUT2D eigenvalue weighted by Gasteiger charge is -1.95. The minimum Gasteiger partial charge on any atom is -0.312 e. The zero-order valence-electron chi connectivity index (χ0n) is 6.72. The predicted molar refractivity (Wildman–Crippen MR) is 52.3 cm³/mol. The van der Waals surface area contributed by atoms with Crippen molar-refractivity contribution in [2.45, 2.75) is 4.90 Å². The van der Waals surface area contributed by atoms with Crippen LogP contribution in [0.1, 0.15) is 0 Å². The molecular formula is C7H5NO4S2. The van der Waals surface area contributed by atoms with Crippen LogP contribution in [0.5, 0.6) is 0 Å². The number of rotatable bonds is 1. The fraction of sp³-hybridized carbons (Fsp3) is 0. The largest absolute Gasteiger partial charge is 0.312 e. The number of thiazole rings is 1. The van der Waals surface area contributed by atoms with Crippen molar-refractivity contribution < 1.29 is 13.0 Å². The first kappa shape index (κ1) is 9.38. The second-order valence-electron chi connectivity index (χ2n) is 2.65. The van der Waals surface area contributed by atoms with E-state index in [1.807, 2.05) is 0 Å². The zero-order chi connectivity index (χ0) is 10.3. The summed E-state index contributed by atoms with van der Waals surface area (Å²) in [4.78, 5) is 12.9. The summed E-state index contributed by atoms with van der Waals surface area (Å²) in [6.45, 7) is 0. The van der Waals surface area contributed by atoms with Crippen molar-refractivity contribution in [3.8, 4) is 0 Å². The van der Waals surface area contributed by atoms with Gasteiger partial charge in [-0.05, 0) is 18.2 Å². The van der Waals surface area contributed by atoms with Gasteiger partial charge in [-0.25, -0.2) is 0 Å². The van der Waals surface area contributed by atoms with Gasteiger partial charge in [-0.3, -0.25) is 9.35 Å². The molecule has 1 heterocycles. The van der Waals surface area contributed by atoms with Gasteiger partial charge in [-0.15, -0.1) is 0 Å². The number of nitrogens with one attached hydrogen (secondary N) is 1. The first-order valence-electron chi connectivity index (χ1n) is 3.57. The first-order chi connectivity index (χ1) is 6.47. The van der Waals surface area contributed by atoms with Crippen LogP contribution in [0.25, 0.3) is 10.2 Å². The van der Waals surface area contributed by atoms with Crippen molar-refractivity contribution in [3.63, 3.8) is 0 Å². The van der Waals surface area contributed by atoms with Crippen molar-refractivity contribution in [2.24, 2.45) is 0 Å². The summed E-state index contributed by atoms with van der Waals surface area (Å²) in [6, 6.07) is 3.95. The van der Waals surface area contributed by atoms with Crippen molar-refractivity contribution in [2.75, 3.05) is 0 Å². The molecule has 2 aromatic rings. The van der Waals surface area contributed by atoms with Crippen LogP contribution >= 0.6 is 11.3 Å². The highest BCUT2D eigenvalue weighted by molar-refractivity contribution is 7.85. The summed E-state index contributed by atoms with van der Waals surface area (Å²) >= 11 is 0.984. The number of hydrogen-bond donors (Lipinski definition) is 2. The Labute approximate surface area is 82.8 Å². The lowest BCUT2D eigenvalue weighted by molar-refractivity contribution is 0.483. The highest BCUT2D eigenvalue weighted by atomic mass is 32.2. The standard InChI is InChI=1S/C7H5NO4S2/c9-7-8-5-3-4(14(10,11)12)1-2-6(5)13-7/h1-3H,(H,8,9)(H,10,11,12). The Morgan fingerprint density at radius 2 is 2.07 bits per heavy atom. The quantitative estimate of drug-likeness (QED) is 0.712. The van der Waals surface area contributed by atoms with E-state index in [9.17, 15) is 13.2 Å². The number of H-pyrrole nitrogens is 1. The van der Waals surface area contributed by atoms with Gasteiger partial charge in [-0.1, -0.05) is 11.3 Å². The van der Waals surface area contributed by atoms with E-state index in [-0.39, 0.29) is 9.77 Å². The van der Waals surface area contributed by atoms with Gasteiger partial charge in [0.2, 0.25) is 0 Å². The van der Waals surface area contributed by atoms with Gasteiger partial charge in [0.25, 0.3) is 10.1 Å². The third-order valence-electron chi connectivity index (χ3n) is 1.69. The van der Waals surface area contributed by atoms with Crippen LogP contribution in [-0.4, -0.2) is 18.0 Å². The van der Waals surface area contributed by atoms with Crippen LogP contribution < -0.4 is 4.87 Å². The molecule has 0 saturated heterocycles. The van der Waals surface area contributed by atoms with E-state index in [4.69, 9.17) is 4.55 Å². The van der Waals surface area contributed by atoms with Gasteiger partial charge >= 0.3 is 4.87 Å². The Kier molecular flexibility index (Phi) is 1.95. The molecule has 0 aliphatic carbocycles. The summed E-state index contributed by atoms with van der Waals surface area (Å²) in [5.41, 5.74) is 0.412. The lowest BCUT2D eigenvalue weighted by atomic mass is 10.3. The van der Waals surface area contributed by atoms with Gasteiger partial charge in [0.15, 0.2) is 0 Å². The van der Waals surface area contributed by atoms with E-state index in [0.717, 1.165) is 11.3 Å². The zero-order valence-corrected chi connectivity index (χ0v) is 8.35. The van der Waals surface area contributed by atoms with Crippen molar-refractivity contribution in [3.05, 3.63) is 27.9 Å². The van der Waals surface area contributed by atoms with Gasteiger partial charge in [0, 0.05) is 0 Å². The lowest BCUT2D eigenvalue weighted by Crippen LogP contribution is -1.97. The van der Waals surface area contributed by atoms with Gasteiger partial charge < -0.3 is 4.98 Å². The Morgan fingerprint density at radius 1 is 1.36 bits per heavy atom. The number of fused-ring (bicyclic) bond motifs is 1. The number of aromatic nitrogens is 1. The molecule has 0 saturated carbocycles. The summed E-state index contributed by atoms with van der Waals surface area (Å²) in [7, 11) is -4.20. The molecule has 0 fully saturated rings. The summed E-state index contributed by atoms with van der Waals surface area (Å²) in [5, 5.41) is 0. The molecule has 5 nitrogen and oxygen atoms in total. The van der Waals surface area contributed by atoms with Gasteiger partial charge in [0.05, 0.1) is 15.1 Å². The highest BCUT2D eigenvalue weighted by Crippen LogP contribution is 2.18. The Bertz CT molecular complexity index is 637. The van der Waals surface area contributed by atoms with Crippen LogP contribution in [0.3, 0.4) is 0 Å². The molecule has 74 valence electrons. The third-order valence-corrected chi connectivity index (χ3v) is 3.40. The highest BCUT2D eigenvalue weighted by Gasteiger charge is 2.10. The van der Waals surface area contributed by atoms with Crippen LogP contribution in [-0.2, 0) is 10.1 Å². The first-order valence-corrected chi connectivity index (χ1v) is 5.83.